The molecule has 210 valence electrons. The number of carbonyl (C=O) groups excluding carboxylic acids is 2. The number of nitrogens with one attached hydrogen (secondary N) is 1. The molecule has 0 atom stereocenters. The topological polar surface area (TPSA) is 108 Å². The fourth-order valence-corrected chi connectivity index (χ4v) is 5.07. The van der Waals surface area contributed by atoms with Gasteiger partial charge in [0.1, 0.15) is 5.75 Å². The van der Waals surface area contributed by atoms with Gasteiger partial charge in [-0.1, -0.05) is 60.2 Å². The number of para-hydroxylation sites is 1. The molecule has 5 rings (SSSR count). The van der Waals surface area contributed by atoms with Gasteiger partial charge in [0.15, 0.2) is 11.8 Å². The van der Waals surface area contributed by atoms with Crippen molar-refractivity contribution < 1.29 is 24.2 Å². The second-order valence-corrected chi connectivity index (χ2v) is 10.5. The number of hydrogen-bond donors (Lipinski definition) is 2. The van der Waals surface area contributed by atoms with Crippen molar-refractivity contribution >= 4 is 52.2 Å². The van der Waals surface area contributed by atoms with Crippen molar-refractivity contribution in [1.29, 1.82) is 0 Å². The molecule has 0 radical (unpaired) electrons. The van der Waals surface area contributed by atoms with E-state index >= 15 is 0 Å². The number of rotatable bonds is 9. The van der Waals surface area contributed by atoms with Gasteiger partial charge >= 0.3 is 5.97 Å². The molecule has 1 fully saturated rings. The Labute approximate surface area is 247 Å². The van der Waals surface area contributed by atoms with Crippen molar-refractivity contribution in [3.05, 3.63) is 130 Å². The smallest absolute Gasteiger partial charge is 0.335 e. The Morgan fingerprint density at radius 1 is 0.929 bits per heavy atom. The maximum atomic E-state index is 13.5. The monoisotopic (exact) mass is 577 g/mol. The molecule has 8 nitrogen and oxygen atoms in total. The average Bonchev–Trinajstić information content (AvgIpc) is 3.27. The molecule has 1 aliphatic heterocycles. The summed E-state index contributed by atoms with van der Waals surface area (Å²) in [6, 6.07) is 30.4. The van der Waals surface area contributed by atoms with Crippen molar-refractivity contribution in [2.24, 2.45) is 4.99 Å². The van der Waals surface area contributed by atoms with E-state index in [2.05, 4.69) is 5.32 Å². The number of anilines is 1. The molecule has 1 heterocycles. The maximum absolute atomic E-state index is 13.5. The van der Waals surface area contributed by atoms with E-state index in [1.54, 1.807) is 35.2 Å². The second-order valence-electron chi connectivity index (χ2n) is 9.51. The molecule has 0 aromatic heterocycles. The Morgan fingerprint density at radius 3 is 2.29 bits per heavy atom. The van der Waals surface area contributed by atoms with Gasteiger partial charge in [-0.2, -0.15) is 0 Å². The summed E-state index contributed by atoms with van der Waals surface area (Å²) in [5, 5.41) is 12.5. The number of aryl methyl sites for hydroxylation is 1. The van der Waals surface area contributed by atoms with Crippen molar-refractivity contribution in [2.45, 2.75) is 13.5 Å². The minimum absolute atomic E-state index is 0.135. The van der Waals surface area contributed by atoms with Crippen molar-refractivity contribution in [3.8, 4) is 5.75 Å². The molecular formula is C33H27N3O5S. The Kier molecular flexibility index (Phi) is 8.79. The number of amidine groups is 1. The number of carbonyl (C=O) groups is 3. The van der Waals surface area contributed by atoms with Gasteiger partial charge in [0.05, 0.1) is 22.7 Å². The molecule has 1 aliphatic rings. The van der Waals surface area contributed by atoms with Gasteiger partial charge < -0.3 is 15.2 Å². The summed E-state index contributed by atoms with van der Waals surface area (Å²) in [5.74, 6) is -0.946. The first-order chi connectivity index (χ1) is 20.3. The number of hydrogen-bond acceptors (Lipinski definition) is 6. The van der Waals surface area contributed by atoms with Crippen molar-refractivity contribution in [3.63, 3.8) is 0 Å². The molecule has 2 amide bonds. The molecule has 0 saturated carbocycles. The SMILES string of the molecule is Cc1ccc(NC(=O)COc2ccc(/C=C3\SC(=Nc4ccccc4)N(Cc4ccc(C(=O)O)cc4)C3=O)cc2)cc1. The number of thioether (sulfide) groups is 1. The van der Waals surface area contributed by atoms with Crippen LogP contribution in [0.3, 0.4) is 0 Å². The summed E-state index contributed by atoms with van der Waals surface area (Å²) in [6.07, 6.45) is 1.79. The van der Waals surface area contributed by atoms with Crippen LogP contribution >= 0.6 is 11.8 Å². The third kappa shape index (κ3) is 7.32. The molecule has 4 aromatic rings. The Balaban J connectivity index is 1.28. The quantitative estimate of drug-likeness (QED) is 0.220. The van der Waals surface area contributed by atoms with E-state index in [0.717, 1.165) is 16.7 Å². The number of ether oxygens (including phenoxy) is 1. The van der Waals surface area contributed by atoms with E-state index in [0.29, 0.717) is 27.2 Å². The predicted molar refractivity (Wildman–Crippen MR) is 165 cm³/mol. The van der Waals surface area contributed by atoms with Gasteiger partial charge in [0.25, 0.3) is 11.8 Å². The number of carboxylic acid groups (broad SMARTS) is 1. The first-order valence-electron chi connectivity index (χ1n) is 13.1. The lowest BCUT2D eigenvalue weighted by Gasteiger charge is -2.16. The molecule has 42 heavy (non-hydrogen) atoms. The van der Waals surface area contributed by atoms with E-state index in [1.807, 2.05) is 73.7 Å². The third-order valence-electron chi connectivity index (χ3n) is 6.29. The van der Waals surface area contributed by atoms with Gasteiger partial charge in [0.2, 0.25) is 0 Å². The molecule has 0 spiro atoms. The van der Waals surface area contributed by atoms with Crippen LogP contribution in [0.25, 0.3) is 6.08 Å². The third-order valence-corrected chi connectivity index (χ3v) is 7.30. The van der Waals surface area contributed by atoms with Crippen LogP contribution in [0.2, 0.25) is 0 Å². The maximum Gasteiger partial charge on any atom is 0.335 e. The molecule has 4 aromatic carbocycles. The van der Waals surface area contributed by atoms with E-state index < -0.39 is 5.97 Å². The van der Waals surface area contributed by atoms with Crippen LogP contribution in [0.15, 0.2) is 113 Å². The zero-order valence-electron chi connectivity index (χ0n) is 22.7. The highest BCUT2D eigenvalue weighted by Gasteiger charge is 2.33. The fourth-order valence-electron chi connectivity index (χ4n) is 4.07. The van der Waals surface area contributed by atoms with Crippen LogP contribution in [0.5, 0.6) is 5.75 Å². The lowest BCUT2D eigenvalue weighted by molar-refractivity contribution is -0.122. The molecular weight excluding hydrogens is 550 g/mol. The summed E-state index contributed by atoms with van der Waals surface area (Å²) in [6.45, 7) is 2.09. The first-order valence-corrected chi connectivity index (χ1v) is 13.9. The standard InChI is InChI=1S/C33H27N3O5S/c1-22-7-15-27(16-8-22)34-30(37)21-41-28-17-11-23(12-18-28)19-29-31(38)36(20-24-9-13-25(14-10-24)32(39)40)33(42-29)35-26-5-3-2-4-6-26/h2-19H,20-21H2,1H3,(H,34,37)(H,39,40)/b29-19-,35-33?. The molecule has 2 N–H and O–H groups in total. The van der Waals surface area contributed by atoms with Crippen LogP contribution < -0.4 is 10.1 Å². The summed E-state index contributed by atoms with van der Waals surface area (Å²) in [5.41, 5.74) is 4.28. The van der Waals surface area contributed by atoms with Crippen LogP contribution in [0.1, 0.15) is 27.0 Å². The van der Waals surface area contributed by atoms with Crippen LogP contribution in [-0.2, 0) is 16.1 Å². The van der Waals surface area contributed by atoms with Gasteiger partial charge in [-0.25, -0.2) is 9.79 Å². The first kappa shape index (κ1) is 28.4. The summed E-state index contributed by atoms with van der Waals surface area (Å²) >= 11 is 1.27. The van der Waals surface area contributed by atoms with E-state index in [9.17, 15) is 19.5 Å². The molecule has 9 heteroatoms. The lowest BCUT2D eigenvalue weighted by Crippen LogP contribution is -2.28. The number of aliphatic imine (C=N–C) groups is 1. The highest BCUT2D eigenvalue weighted by molar-refractivity contribution is 8.18. The van der Waals surface area contributed by atoms with Crippen LogP contribution in [-0.4, -0.2) is 39.6 Å². The number of amides is 2. The van der Waals surface area contributed by atoms with E-state index in [1.165, 1.54) is 23.9 Å². The van der Waals surface area contributed by atoms with Crippen LogP contribution in [0.4, 0.5) is 11.4 Å². The van der Waals surface area contributed by atoms with Gasteiger partial charge in [-0.15, -0.1) is 0 Å². The molecule has 0 bridgehead atoms. The fraction of sp³-hybridized carbons (Fsp3) is 0.0909. The van der Waals surface area contributed by atoms with E-state index in [-0.39, 0.29) is 30.5 Å². The number of carboxylic acids is 1. The minimum atomic E-state index is -1.01. The van der Waals surface area contributed by atoms with Crippen molar-refractivity contribution in [1.82, 2.24) is 4.90 Å². The predicted octanol–water partition coefficient (Wildman–Crippen LogP) is 6.51. The highest BCUT2D eigenvalue weighted by atomic mass is 32.2. The zero-order valence-corrected chi connectivity index (χ0v) is 23.5. The Morgan fingerprint density at radius 2 is 1.62 bits per heavy atom. The normalized spacial score (nSPS) is 14.8. The second kappa shape index (κ2) is 13.0. The van der Waals surface area contributed by atoms with Gasteiger partial charge in [-0.3, -0.25) is 14.5 Å². The van der Waals surface area contributed by atoms with Crippen molar-refractivity contribution in [2.75, 3.05) is 11.9 Å². The van der Waals surface area contributed by atoms with Gasteiger partial charge in [-0.05, 0) is 84.4 Å². The number of nitrogens with zero attached hydrogens (tertiary/aromatic N) is 2. The molecule has 1 saturated heterocycles. The number of benzene rings is 4. The molecule has 0 unspecified atom stereocenters. The average molecular weight is 578 g/mol. The summed E-state index contributed by atoms with van der Waals surface area (Å²) in [4.78, 5) is 43.8. The Bertz CT molecular complexity index is 1650. The minimum Gasteiger partial charge on any atom is -0.484 e. The lowest BCUT2D eigenvalue weighted by atomic mass is 10.1. The van der Waals surface area contributed by atoms with Crippen LogP contribution in [0, 0.1) is 6.92 Å². The van der Waals surface area contributed by atoms with E-state index in [4.69, 9.17) is 9.73 Å². The Hall–Kier alpha value is -5.15. The largest absolute Gasteiger partial charge is 0.484 e. The summed E-state index contributed by atoms with van der Waals surface area (Å²) < 4.78 is 5.63. The van der Waals surface area contributed by atoms with Gasteiger partial charge in [0, 0.05) is 5.69 Å². The molecule has 0 aliphatic carbocycles. The zero-order chi connectivity index (χ0) is 29.5. The summed E-state index contributed by atoms with van der Waals surface area (Å²) in [7, 11) is 0. The highest BCUT2D eigenvalue weighted by Crippen LogP contribution is 2.35. The number of aromatic carboxylic acids is 1.